The zero-order chi connectivity index (χ0) is 14.9. The molecule has 104 valence electrons. The Bertz CT molecular complexity index is 615. The van der Waals surface area contributed by atoms with E-state index >= 15 is 0 Å². The third kappa shape index (κ3) is 2.20. The summed E-state index contributed by atoms with van der Waals surface area (Å²) in [4.78, 5) is 26.2. The number of anilines is 1. The smallest absolute Gasteiger partial charge is 0.240 e. The van der Waals surface area contributed by atoms with Gasteiger partial charge in [0.15, 0.2) is 5.78 Å². The third-order valence-corrected chi connectivity index (χ3v) is 4.17. The van der Waals surface area contributed by atoms with E-state index in [-0.39, 0.29) is 24.7 Å². The number of ketones is 1. The van der Waals surface area contributed by atoms with Crippen molar-refractivity contribution in [3.63, 3.8) is 0 Å². The van der Waals surface area contributed by atoms with Crippen molar-refractivity contribution in [2.24, 2.45) is 5.41 Å². The Morgan fingerprint density at radius 1 is 1.30 bits per heavy atom. The maximum Gasteiger partial charge on any atom is 0.240 e. The number of Topliss-reactive ketones (excluding diaryl/α,β-unsaturated/α-hetero) is 1. The Hall–Kier alpha value is -2.15. The lowest BCUT2D eigenvalue weighted by Crippen LogP contribution is -2.34. The summed E-state index contributed by atoms with van der Waals surface area (Å²) in [5.74, 6) is -0.294. The topological polar surface area (TPSA) is 61.2 Å². The number of amides is 1. The number of aryl methyl sites for hydroxylation is 2. The average molecular weight is 270 g/mol. The van der Waals surface area contributed by atoms with Gasteiger partial charge >= 0.3 is 0 Å². The average Bonchev–Trinajstić information content (AvgIpc) is 2.64. The van der Waals surface area contributed by atoms with Crippen molar-refractivity contribution >= 4 is 17.4 Å². The number of carbonyl (C=O) groups excluding carboxylic acids is 2. The van der Waals surface area contributed by atoms with Crippen molar-refractivity contribution in [1.29, 1.82) is 5.26 Å². The Kier molecular flexibility index (Phi) is 3.63. The van der Waals surface area contributed by atoms with E-state index in [4.69, 9.17) is 5.26 Å². The minimum Gasteiger partial charge on any atom is -0.304 e. The van der Waals surface area contributed by atoms with Gasteiger partial charge in [0.2, 0.25) is 5.91 Å². The van der Waals surface area contributed by atoms with E-state index in [2.05, 4.69) is 0 Å². The van der Waals surface area contributed by atoms with Gasteiger partial charge in [0.05, 0.1) is 12.6 Å². The highest BCUT2D eigenvalue weighted by atomic mass is 16.2. The molecule has 0 N–H and O–H groups in total. The molecule has 1 amide bonds. The summed E-state index contributed by atoms with van der Waals surface area (Å²) in [5.41, 5.74) is 1.95. The fourth-order valence-corrected chi connectivity index (χ4v) is 2.46. The third-order valence-electron chi connectivity index (χ3n) is 4.17. The van der Waals surface area contributed by atoms with Crippen molar-refractivity contribution in [2.75, 3.05) is 11.4 Å². The van der Waals surface area contributed by atoms with Gasteiger partial charge in [0, 0.05) is 12.1 Å². The Morgan fingerprint density at radius 3 is 2.60 bits per heavy atom. The van der Waals surface area contributed by atoms with E-state index < -0.39 is 5.41 Å². The van der Waals surface area contributed by atoms with E-state index in [1.54, 1.807) is 6.92 Å². The van der Waals surface area contributed by atoms with Crippen LogP contribution in [0.1, 0.15) is 30.9 Å². The predicted octanol–water partition coefficient (Wildman–Crippen LogP) is 2.53. The highest BCUT2D eigenvalue weighted by Gasteiger charge is 2.50. The molecule has 2 rings (SSSR count). The number of hydrogen-bond acceptors (Lipinski definition) is 3. The molecule has 1 fully saturated rings. The van der Waals surface area contributed by atoms with Crippen molar-refractivity contribution in [2.45, 2.75) is 33.6 Å². The molecule has 0 aliphatic carbocycles. The minimum atomic E-state index is -1.05. The lowest BCUT2D eigenvalue weighted by Gasteiger charge is -2.21. The highest BCUT2D eigenvalue weighted by molar-refractivity contribution is 6.20. The number of rotatable bonds is 3. The molecule has 0 radical (unpaired) electrons. The van der Waals surface area contributed by atoms with Crippen molar-refractivity contribution in [3.8, 4) is 6.07 Å². The van der Waals surface area contributed by atoms with Gasteiger partial charge in [0.1, 0.15) is 5.41 Å². The SMILES string of the molecule is Cc1ccc(N2CC(=O)C(C)(CCC#N)C2=O)cc1C. The molecule has 1 aromatic carbocycles. The van der Waals surface area contributed by atoms with Crippen LogP contribution in [0.15, 0.2) is 18.2 Å². The number of hydrogen-bond donors (Lipinski definition) is 0. The first-order valence-corrected chi connectivity index (χ1v) is 6.69. The largest absolute Gasteiger partial charge is 0.304 e. The summed E-state index contributed by atoms with van der Waals surface area (Å²) in [6.45, 7) is 5.74. The number of carbonyl (C=O) groups is 2. The highest BCUT2D eigenvalue weighted by Crippen LogP contribution is 2.36. The van der Waals surface area contributed by atoms with Crippen molar-refractivity contribution in [1.82, 2.24) is 0 Å². The monoisotopic (exact) mass is 270 g/mol. The lowest BCUT2D eigenvalue weighted by atomic mass is 9.83. The fraction of sp³-hybridized carbons (Fsp3) is 0.438. The normalized spacial score (nSPS) is 22.2. The summed E-state index contributed by atoms with van der Waals surface area (Å²) in [7, 11) is 0. The maximum absolute atomic E-state index is 12.5. The summed E-state index contributed by atoms with van der Waals surface area (Å²) in [6, 6.07) is 7.75. The molecule has 1 aliphatic heterocycles. The molecule has 1 unspecified atom stereocenters. The standard InChI is InChI=1S/C16H18N2O2/c1-11-5-6-13(9-12(11)2)18-10-14(19)16(3,15(18)20)7-4-8-17/h5-6,9H,4,7,10H2,1-3H3. The summed E-state index contributed by atoms with van der Waals surface area (Å²) >= 11 is 0. The molecule has 1 aromatic rings. The minimum absolute atomic E-state index is 0.100. The van der Waals surface area contributed by atoms with E-state index in [0.29, 0.717) is 6.42 Å². The number of benzene rings is 1. The summed E-state index contributed by atoms with van der Waals surface area (Å²) in [6.07, 6.45) is 0.511. The van der Waals surface area contributed by atoms with E-state index in [9.17, 15) is 9.59 Å². The first kappa shape index (κ1) is 14.3. The molecule has 0 bridgehead atoms. The Labute approximate surface area is 119 Å². The van der Waals surface area contributed by atoms with Crippen LogP contribution in [0.3, 0.4) is 0 Å². The predicted molar refractivity (Wildman–Crippen MR) is 76.2 cm³/mol. The fourth-order valence-electron chi connectivity index (χ4n) is 2.46. The number of nitriles is 1. The van der Waals surface area contributed by atoms with Crippen LogP contribution >= 0.6 is 0 Å². The van der Waals surface area contributed by atoms with Crippen LogP contribution < -0.4 is 4.90 Å². The van der Waals surface area contributed by atoms with Crippen LogP contribution in [0, 0.1) is 30.6 Å². The molecular weight excluding hydrogens is 252 g/mol. The summed E-state index contributed by atoms with van der Waals surface area (Å²) in [5, 5.41) is 8.68. The van der Waals surface area contributed by atoms with E-state index in [0.717, 1.165) is 16.8 Å². The molecule has 20 heavy (non-hydrogen) atoms. The molecule has 0 saturated carbocycles. The van der Waals surface area contributed by atoms with Crippen LogP contribution in [0.25, 0.3) is 0 Å². The van der Waals surface area contributed by atoms with Crippen molar-refractivity contribution < 1.29 is 9.59 Å². The zero-order valence-corrected chi connectivity index (χ0v) is 12.1. The Balaban J connectivity index is 2.32. The molecule has 1 aliphatic rings. The first-order valence-electron chi connectivity index (χ1n) is 6.69. The second kappa shape index (κ2) is 5.09. The quantitative estimate of drug-likeness (QED) is 0.793. The molecule has 4 nitrogen and oxygen atoms in total. The van der Waals surface area contributed by atoms with Gasteiger partial charge in [-0.3, -0.25) is 9.59 Å². The van der Waals surface area contributed by atoms with Gasteiger partial charge < -0.3 is 4.90 Å². The van der Waals surface area contributed by atoms with Gasteiger partial charge in [-0.1, -0.05) is 6.07 Å². The molecule has 1 heterocycles. The molecule has 0 spiro atoms. The van der Waals surface area contributed by atoms with Gasteiger partial charge in [-0.05, 0) is 50.5 Å². The Morgan fingerprint density at radius 2 is 2.00 bits per heavy atom. The first-order chi connectivity index (χ1) is 9.40. The van der Waals surface area contributed by atoms with Gasteiger partial charge in [-0.25, -0.2) is 0 Å². The maximum atomic E-state index is 12.5. The summed E-state index contributed by atoms with van der Waals surface area (Å²) < 4.78 is 0. The van der Waals surface area contributed by atoms with Crippen LogP contribution in [0.2, 0.25) is 0 Å². The molecule has 0 aromatic heterocycles. The lowest BCUT2D eigenvalue weighted by molar-refractivity contribution is -0.133. The van der Waals surface area contributed by atoms with Crippen molar-refractivity contribution in [3.05, 3.63) is 29.3 Å². The zero-order valence-electron chi connectivity index (χ0n) is 12.1. The second-order valence-electron chi connectivity index (χ2n) is 5.57. The van der Waals surface area contributed by atoms with Crippen LogP contribution in [-0.4, -0.2) is 18.2 Å². The van der Waals surface area contributed by atoms with Gasteiger partial charge in [-0.15, -0.1) is 0 Å². The molecule has 1 atom stereocenters. The molecule has 4 heteroatoms. The van der Waals surface area contributed by atoms with Crippen LogP contribution in [0.4, 0.5) is 5.69 Å². The number of nitrogens with zero attached hydrogens (tertiary/aromatic N) is 2. The van der Waals surface area contributed by atoms with E-state index in [1.807, 2.05) is 38.1 Å². The van der Waals surface area contributed by atoms with Crippen LogP contribution in [0.5, 0.6) is 0 Å². The van der Waals surface area contributed by atoms with Gasteiger partial charge in [-0.2, -0.15) is 5.26 Å². The van der Waals surface area contributed by atoms with Gasteiger partial charge in [0.25, 0.3) is 0 Å². The van der Waals surface area contributed by atoms with E-state index in [1.165, 1.54) is 4.90 Å². The molecule has 1 saturated heterocycles. The van der Waals surface area contributed by atoms with Crippen LogP contribution in [-0.2, 0) is 9.59 Å². The second-order valence-corrected chi connectivity index (χ2v) is 5.57. The molecular formula is C16H18N2O2.